The highest BCUT2D eigenvalue weighted by atomic mass is 32.1. The summed E-state index contributed by atoms with van der Waals surface area (Å²) in [4.78, 5) is 5.86. The first-order chi connectivity index (χ1) is 7.16. The summed E-state index contributed by atoms with van der Waals surface area (Å²) in [5, 5.41) is 11.1. The second kappa shape index (κ2) is 4.62. The van der Waals surface area contributed by atoms with Gasteiger partial charge in [-0.25, -0.2) is 4.98 Å². The zero-order valence-electron chi connectivity index (χ0n) is 9.49. The number of aliphatic hydroxyl groups excluding tert-OH is 1. The highest BCUT2D eigenvalue weighted by Gasteiger charge is 2.24. The van der Waals surface area contributed by atoms with Crippen molar-refractivity contribution in [2.45, 2.75) is 52.1 Å². The van der Waals surface area contributed by atoms with Crippen LogP contribution in [0.4, 0.5) is 0 Å². The van der Waals surface area contributed by atoms with E-state index in [0.29, 0.717) is 5.92 Å². The van der Waals surface area contributed by atoms with Crippen LogP contribution in [0.25, 0.3) is 0 Å². The molecule has 0 radical (unpaired) electrons. The Morgan fingerprint density at radius 3 is 2.67 bits per heavy atom. The van der Waals surface area contributed by atoms with Gasteiger partial charge >= 0.3 is 0 Å². The molecule has 15 heavy (non-hydrogen) atoms. The lowest BCUT2D eigenvalue weighted by Gasteiger charge is -2.26. The molecule has 0 saturated heterocycles. The van der Waals surface area contributed by atoms with Crippen molar-refractivity contribution in [1.82, 2.24) is 4.98 Å². The van der Waals surface area contributed by atoms with E-state index in [1.54, 1.807) is 11.3 Å². The monoisotopic (exact) mass is 225 g/mol. The van der Waals surface area contributed by atoms with Crippen molar-refractivity contribution in [3.63, 3.8) is 0 Å². The summed E-state index contributed by atoms with van der Waals surface area (Å²) < 4.78 is 0. The van der Waals surface area contributed by atoms with Crippen LogP contribution in [0.15, 0.2) is 0 Å². The smallest absolute Gasteiger partial charge is 0.0934 e. The molecule has 1 aromatic heterocycles. The van der Waals surface area contributed by atoms with Crippen molar-refractivity contribution in [2.24, 2.45) is 5.92 Å². The van der Waals surface area contributed by atoms with Crippen molar-refractivity contribution < 1.29 is 5.11 Å². The largest absolute Gasteiger partial charge is 0.393 e. The predicted molar refractivity (Wildman–Crippen MR) is 63.3 cm³/mol. The summed E-state index contributed by atoms with van der Waals surface area (Å²) in [6, 6.07) is 0. The molecule has 0 amide bonds. The Bertz CT molecular complexity index is 315. The fraction of sp³-hybridized carbons (Fsp3) is 0.750. The highest BCUT2D eigenvalue weighted by molar-refractivity contribution is 7.11. The van der Waals surface area contributed by atoms with Crippen LogP contribution in [-0.2, 0) is 6.42 Å². The minimum absolute atomic E-state index is 0.0942. The van der Waals surface area contributed by atoms with Crippen molar-refractivity contribution in [2.75, 3.05) is 0 Å². The molecule has 0 spiro atoms. The molecule has 2 unspecified atom stereocenters. The fourth-order valence-corrected chi connectivity index (χ4v) is 3.30. The molecular weight excluding hydrogens is 206 g/mol. The number of thiazole rings is 1. The molecule has 1 fully saturated rings. The molecule has 1 aliphatic rings. The van der Waals surface area contributed by atoms with Crippen LogP contribution in [0.2, 0.25) is 0 Å². The number of nitrogens with zero attached hydrogens (tertiary/aromatic N) is 1. The third-order valence-electron chi connectivity index (χ3n) is 3.38. The standard InChI is InChI=1S/C12H19NOS/c1-8-9(2)15-12(13-8)7-10-5-3-4-6-11(10)14/h10-11,14H,3-7H2,1-2H3. The Labute approximate surface area is 95.4 Å². The van der Waals surface area contributed by atoms with E-state index in [1.165, 1.54) is 29.1 Å². The summed E-state index contributed by atoms with van der Waals surface area (Å²) in [7, 11) is 0. The van der Waals surface area contributed by atoms with Gasteiger partial charge in [-0.15, -0.1) is 11.3 Å². The maximum absolute atomic E-state index is 9.88. The Morgan fingerprint density at radius 2 is 2.07 bits per heavy atom. The highest BCUT2D eigenvalue weighted by Crippen LogP contribution is 2.29. The van der Waals surface area contributed by atoms with Gasteiger partial charge in [-0.3, -0.25) is 0 Å². The number of aliphatic hydroxyl groups is 1. The van der Waals surface area contributed by atoms with Crippen molar-refractivity contribution in [3.05, 3.63) is 15.6 Å². The summed E-state index contributed by atoms with van der Waals surface area (Å²) >= 11 is 1.79. The Morgan fingerprint density at radius 1 is 1.33 bits per heavy atom. The molecule has 84 valence electrons. The van der Waals surface area contributed by atoms with Crippen LogP contribution >= 0.6 is 11.3 Å². The molecule has 0 aliphatic heterocycles. The van der Waals surface area contributed by atoms with Gasteiger partial charge in [0.1, 0.15) is 0 Å². The van der Waals surface area contributed by atoms with Gasteiger partial charge < -0.3 is 5.11 Å². The number of hydrogen-bond acceptors (Lipinski definition) is 3. The molecule has 1 N–H and O–H groups in total. The zero-order chi connectivity index (χ0) is 10.8. The van der Waals surface area contributed by atoms with Crippen LogP contribution in [0.3, 0.4) is 0 Å². The lowest BCUT2D eigenvalue weighted by Crippen LogP contribution is -2.26. The molecule has 3 heteroatoms. The van der Waals surface area contributed by atoms with Gasteiger partial charge in [-0.2, -0.15) is 0 Å². The van der Waals surface area contributed by atoms with Crippen LogP contribution in [0.1, 0.15) is 41.3 Å². The molecule has 2 rings (SSSR count). The minimum atomic E-state index is -0.0942. The van der Waals surface area contributed by atoms with E-state index >= 15 is 0 Å². The topological polar surface area (TPSA) is 33.1 Å². The molecule has 2 atom stereocenters. The number of rotatable bonds is 2. The van der Waals surface area contributed by atoms with Crippen molar-refractivity contribution >= 4 is 11.3 Å². The van der Waals surface area contributed by atoms with Crippen LogP contribution < -0.4 is 0 Å². The second-order valence-corrected chi connectivity index (χ2v) is 5.85. The molecule has 1 saturated carbocycles. The van der Waals surface area contributed by atoms with E-state index in [9.17, 15) is 5.11 Å². The molecule has 2 nitrogen and oxygen atoms in total. The first-order valence-electron chi connectivity index (χ1n) is 5.78. The maximum Gasteiger partial charge on any atom is 0.0934 e. The lowest BCUT2D eigenvalue weighted by atomic mass is 9.84. The first-order valence-corrected chi connectivity index (χ1v) is 6.59. The molecule has 1 aromatic rings. The number of aromatic nitrogens is 1. The average Bonchev–Trinajstić information content (AvgIpc) is 2.50. The molecule has 0 bridgehead atoms. The third-order valence-corrected chi connectivity index (χ3v) is 4.47. The van der Waals surface area contributed by atoms with Crippen molar-refractivity contribution in [1.29, 1.82) is 0 Å². The number of hydrogen-bond donors (Lipinski definition) is 1. The van der Waals surface area contributed by atoms with Crippen LogP contribution in [-0.4, -0.2) is 16.2 Å². The van der Waals surface area contributed by atoms with E-state index in [-0.39, 0.29) is 6.10 Å². The van der Waals surface area contributed by atoms with Gasteiger partial charge in [-0.1, -0.05) is 12.8 Å². The SMILES string of the molecule is Cc1nc(CC2CCCCC2O)sc1C. The normalized spacial score (nSPS) is 26.9. The van der Waals surface area contributed by atoms with Crippen LogP contribution in [0, 0.1) is 19.8 Å². The van der Waals surface area contributed by atoms with Gasteiger partial charge in [-0.05, 0) is 32.6 Å². The first kappa shape index (κ1) is 11.1. The van der Waals surface area contributed by atoms with Gasteiger partial charge in [0.2, 0.25) is 0 Å². The Hall–Kier alpha value is -0.410. The maximum atomic E-state index is 9.88. The lowest BCUT2D eigenvalue weighted by molar-refractivity contribution is 0.0700. The fourth-order valence-electron chi connectivity index (χ4n) is 2.28. The summed E-state index contributed by atoms with van der Waals surface area (Å²) in [6.07, 6.45) is 5.48. The third kappa shape index (κ3) is 2.58. The summed E-state index contributed by atoms with van der Waals surface area (Å²) in [5.74, 6) is 0.448. The van der Waals surface area contributed by atoms with E-state index in [2.05, 4.69) is 18.8 Å². The average molecular weight is 225 g/mol. The van der Waals surface area contributed by atoms with E-state index in [0.717, 1.165) is 18.5 Å². The van der Waals surface area contributed by atoms with Crippen LogP contribution in [0.5, 0.6) is 0 Å². The predicted octanol–water partition coefficient (Wildman–Crippen LogP) is 2.85. The minimum Gasteiger partial charge on any atom is -0.393 e. The Kier molecular flexibility index (Phi) is 3.42. The van der Waals surface area contributed by atoms with E-state index in [1.807, 2.05) is 0 Å². The molecule has 1 heterocycles. The summed E-state index contributed by atoms with van der Waals surface area (Å²) in [5.41, 5.74) is 1.15. The van der Waals surface area contributed by atoms with E-state index < -0.39 is 0 Å². The Balaban J connectivity index is 2.01. The quantitative estimate of drug-likeness (QED) is 0.839. The van der Waals surface area contributed by atoms with E-state index in [4.69, 9.17) is 0 Å². The van der Waals surface area contributed by atoms with Crippen molar-refractivity contribution in [3.8, 4) is 0 Å². The van der Waals surface area contributed by atoms with Gasteiger partial charge in [0.15, 0.2) is 0 Å². The molecule has 0 aromatic carbocycles. The molecular formula is C12H19NOS. The zero-order valence-corrected chi connectivity index (χ0v) is 10.3. The molecule has 1 aliphatic carbocycles. The summed E-state index contributed by atoms with van der Waals surface area (Å²) in [6.45, 7) is 4.18. The van der Waals surface area contributed by atoms with Gasteiger partial charge in [0, 0.05) is 11.3 Å². The number of aryl methyl sites for hydroxylation is 2. The van der Waals surface area contributed by atoms with Gasteiger partial charge in [0.25, 0.3) is 0 Å². The van der Waals surface area contributed by atoms with Gasteiger partial charge in [0.05, 0.1) is 16.8 Å². The second-order valence-electron chi connectivity index (χ2n) is 4.57.